The molecule has 0 saturated carbocycles. The van der Waals surface area contributed by atoms with E-state index in [1.54, 1.807) is 0 Å². The molecule has 4 heteroatoms. The summed E-state index contributed by atoms with van der Waals surface area (Å²) in [5, 5.41) is 3.37. The monoisotopic (exact) mass is 260 g/mol. The van der Waals surface area contributed by atoms with Gasteiger partial charge in [-0.25, -0.2) is 0 Å². The van der Waals surface area contributed by atoms with E-state index in [0.717, 1.165) is 24.2 Å². The van der Waals surface area contributed by atoms with Crippen molar-refractivity contribution in [2.75, 3.05) is 31.6 Å². The van der Waals surface area contributed by atoms with Crippen LogP contribution in [0.2, 0.25) is 0 Å². The SMILES string of the molecule is CC1COCCN1C(=O)C1CCNc2ccccc21. The lowest BCUT2D eigenvalue weighted by Gasteiger charge is -2.37. The molecule has 4 nitrogen and oxygen atoms in total. The molecule has 2 heterocycles. The van der Waals surface area contributed by atoms with Gasteiger partial charge in [-0.2, -0.15) is 0 Å². The topological polar surface area (TPSA) is 41.6 Å². The van der Waals surface area contributed by atoms with Crippen LogP contribution in [-0.4, -0.2) is 43.2 Å². The Bertz CT molecular complexity index is 475. The Labute approximate surface area is 113 Å². The van der Waals surface area contributed by atoms with Crippen LogP contribution in [0.3, 0.4) is 0 Å². The van der Waals surface area contributed by atoms with Gasteiger partial charge >= 0.3 is 0 Å². The number of nitrogens with zero attached hydrogens (tertiary/aromatic N) is 1. The van der Waals surface area contributed by atoms with Gasteiger partial charge in [-0.3, -0.25) is 4.79 Å². The minimum absolute atomic E-state index is 0.00185. The lowest BCUT2D eigenvalue weighted by atomic mass is 9.89. The summed E-state index contributed by atoms with van der Waals surface area (Å²) in [7, 11) is 0. The molecule has 0 radical (unpaired) electrons. The van der Waals surface area contributed by atoms with Crippen LogP contribution in [-0.2, 0) is 9.53 Å². The highest BCUT2D eigenvalue weighted by atomic mass is 16.5. The van der Waals surface area contributed by atoms with E-state index in [9.17, 15) is 4.79 Å². The van der Waals surface area contributed by atoms with Gasteiger partial charge in [0.05, 0.1) is 25.2 Å². The van der Waals surface area contributed by atoms with Gasteiger partial charge in [0.1, 0.15) is 0 Å². The number of morpholine rings is 1. The number of amides is 1. The second-order valence-electron chi connectivity index (χ2n) is 5.31. The second-order valence-corrected chi connectivity index (χ2v) is 5.31. The van der Waals surface area contributed by atoms with Gasteiger partial charge in [0.15, 0.2) is 0 Å². The molecule has 2 aliphatic rings. The number of rotatable bonds is 1. The largest absolute Gasteiger partial charge is 0.385 e. The van der Waals surface area contributed by atoms with Crippen LogP contribution in [0.15, 0.2) is 24.3 Å². The van der Waals surface area contributed by atoms with Gasteiger partial charge in [-0.1, -0.05) is 18.2 Å². The zero-order valence-corrected chi connectivity index (χ0v) is 11.3. The van der Waals surface area contributed by atoms with Crippen molar-refractivity contribution in [3.63, 3.8) is 0 Å². The molecule has 3 rings (SSSR count). The lowest BCUT2D eigenvalue weighted by molar-refractivity contribution is -0.140. The summed E-state index contributed by atoms with van der Waals surface area (Å²) in [5.74, 6) is 0.253. The van der Waals surface area contributed by atoms with Gasteiger partial charge in [0.25, 0.3) is 0 Å². The third kappa shape index (κ3) is 2.32. The van der Waals surface area contributed by atoms with Gasteiger partial charge in [-0.05, 0) is 25.0 Å². The number of carbonyl (C=O) groups excluding carboxylic acids is 1. The Morgan fingerprint density at radius 1 is 1.42 bits per heavy atom. The normalized spacial score (nSPS) is 26.5. The number of hydrogen-bond acceptors (Lipinski definition) is 3. The summed E-state index contributed by atoms with van der Waals surface area (Å²) in [6.07, 6.45) is 0.875. The summed E-state index contributed by atoms with van der Waals surface area (Å²) < 4.78 is 5.41. The van der Waals surface area contributed by atoms with Crippen LogP contribution in [0.25, 0.3) is 0 Å². The molecule has 0 spiro atoms. The summed E-state index contributed by atoms with van der Waals surface area (Å²) >= 11 is 0. The third-order valence-electron chi connectivity index (χ3n) is 4.03. The number of anilines is 1. The van der Waals surface area contributed by atoms with Gasteiger partial charge < -0.3 is 15.0 Å². The fraction of sp³-hybridized carbons (Fsp3) is 0.533. The highest BCUT2D eigenvalue weighted by Gasteiger charge is 2.33. The van der Waals surface area contributed by atoms with E-state index in [1.165, 1.54) is 0 Å². The molecule has 2 aliphatic heterocycles. The molecule has 1 N–H and O–H groups in total. The molecule has 1 saturated heterocycles. The Morgan fingerprint density at radius 3 is 3.11 bits per heavy atom. The minimum atomic E-state index is -0.00185. The third-order valence-corrected chi connectivity index (χ3v) is 4.03. The zero-order valence-electron chi connectivity index (χ0n) is 11.3. The van der Waals surface area contributed by atoms with Crippen molar-refractivity contribution in [1.29, 1.82) is 0 Å². The van der Waals surface area contributed by atoms with E-state index in [0.29, 0.717) is 19.8 Å². The van der Waals surface area contributed by atoms with Crippen molar-refractivity contribution in [2.24, 2.45) is 0 Å². The van der Waals surface area contributed by atoms with Crippen LogP contribution in [0, 0.1) is 0 Å². The van der Waals surface area contributed by atoms with Gasteiger partial charge in [-0.15, -0.1) is 0 Å². The van der Waals surface area contributed by atoms with Crippen LogP contribution in [0.5, 0.6) is 0 Å². The molecule has 1 amide bonds. The molecular formula is C15H20N2O2. The van der Waals surface area contributed by atoms with E-state index in [-0.39, 0.29) is 17.9 Å². The molecule has 1 fully saturated rings. The zero-order chi connectivity index (χ0) is 13.2. The molecule has 1 aromatic rings. The molecule has 2 unspecified atom stereocenters. The fourth-order valence-electron chi connectivity index (χ4n) is 2.98. The molecule has 0 bridgehead atoms. The van der Waals surface area contributed by atoms with Crippen LogP contribution in [0.4, 0.5) is 5.69 Å². The molecule has 2 atom stereocenters. The highest BCUT2D eigenvalue weighted by Crippen LogP contribution is 2.33. The second kappa shape index (κ2) is 5.21. The smallest absolute Gasteiger partial charge is 0.230 e. The maximum atomic E-state index is 12.8. The van der Waals surface area contributed by atoms with Gasteiger partial charge in [0, 0.05) is 18.8 Å². The first-order valence-electron chi connectivity index (χ1n) is 6.98. The average molecular weight is 260 g/mol. The van der Waals surface area contributed by atoms with E-state index >= 15 is 0 Å². The summed E-state index contributed by atoms with van der Waals surface area (Å²) in [6.45, 7) is 4.95. The Balaban J connectivity index is 1.84. The van der Waals surface area contributed by atoms with Crippen molar-refractivity contribution in [3.8, 4) is 0 Å². The number of carbonyl (C=O) groups is 1. The van der Waals surface area contributed by atoms with Crippen LogP contribution >= 0.6 is 0 Å². The Hall–Kier alpha value is -1.55. The standard InChI is InChI=1S/C15H20N2O2/c1-11-10-19-9-8-17(11)15(18)13-6-7-16-14-5-3-2-4-12(13)14/h2-5,11,13,16H,6-10H2,1H3. The number of fused-ring (bicyclic) bond motifs is 1. The summed E-state index contributed by atoms with van der Waals surface area (Å²) in [6, 6.07) is 8.32. The quantitative estimate of drug-likeness (QED) is 0.837. The fourth-order valence-corrected chi connectivity index (χ4v) is 2.98. The summed E-state index contributed by atoms with van der Waals surface area (Å²) in [4.78, 5) is 14.8. The van der Waals surface area contributed by atoms with Crippen LogP contribution in [0.1, 0.15) is 24.8 Å². The van der Waals surface area contributed by atoms with E-state index in [2.05, 4.69) is 24.4 Å². The Kier molecular flexibility index (Phi) is 3.42. The first kappa shape index (κ1) is 12.5. The number of para-hydroxylation sites is 1. The Morgan fingerprint density at radius 2 is 2.26 bits per heavy atom. The molecule has 0 aromatic heterocycles. The first-order valence-corrected chi connectivity index (χ1v) is 6.98. The van der Waals surface area contributed by atoms with E-state index < -0.39 is 0 Å². The van der Waals surface area contributed by atoms with Crippen molar-refractivity contribution in [3.05, 3.63) is 29.8 Å². The first-order chi connectivity index (χ1) is 9.27. The minimum Gasteiger partial charge on any atom is -0.385 e. The number of benzene rings is 1. The maximum Gasteiger partial charge on any atom is 0.230 e. The molecule has 19 heavy (non-hydrogen) atoms. The maximum absolute atomic E-state index is 12.8. The predicted molar refractivity (Wildman–Crippen MR) is 74.3 cm³/mol. The van der Waals surface area contributed by atoms with Crippen LogP contribution < -0.4 is 5.32 Å². The predicted octanol–water partition coefficient (Wildman–Crippen LogP) is 1.83. The van der Waals surface area contributed by atoms with Gasteiger partial charge in [0.2, 0.25) is 5.91 Å². The molecule has 1 aromatic carbocycles. The van der Waals surface area contributed by atoms with Crippen molar-refractivity contribution >= 4 is 11.6 Å². The van der Waals surface area contributed by atoms with Crippen molar-refractivity contribution < 1.29 is 9.53 Å². The number of hydrogen-bond donors (Lipinski definition) is 1. The summed E-state index contributed by atoms with van der Waals surface area (Å²) in [5.41, 5.74) is 2.24. The highest BCUT2D eigenvalue weighted by molar-refractivity contribution is 5.86. The molecule has 102 valence electrons. The number of ether oxygens (including phenoxy) is 1. The van der Waals surface area contributed by atoms with E-state index in [1.807, 2.05) is 17.0 Å². The van der Waals surface area contributed by atoms with E-state index in [4.69, 9.17) is 4.74 Å². The number of nitrogens with one attached hydrogen (secondary N) is 1. The lowest BCUT2D eigenvalue weighted by Crippen LogP contribution is -2.49. The molecule has 0 aliphatic carbocycles. The average Bonchev–Trinajstić information content (AvgIpc) is 2.46. The van der Waals surface area contributed by atoms with Crippen molar-refractivity contribution in [2.45, 2.75) is 25.3 Å². The molecular weight excluding hydrogens is 240 g/mol. The van der Waals surface area contributed by atoms with Crippen molar-refractivity contribution in [1.82, 2.24) is 4.90 Å².